The van der Waals surface area contributed by atoms with E-state index in [2.05, 4.69) is 25.3 Å². The van der Waals surface area contributed by atoms with Gasteiger partial charge in [0.25, 0.3) is 0 Å². The summed E-state index contributed by atoms with van der Waals surface area (Å²) in [6.07, 6.45) is 5.11. The third-order valence-corrected chi connectivity index (χ3v) is 6.51. The lowest BCUT2D eigenvalue weighted by Crippen LogP contribution is -2.43. The lowest BCUT2D eigenvalue weighted by Gasteiger charge is -2.33. The van der Waals surface area contributed by atoms with E-state index in [9.17, 15) is 9.18 Å². The van der Waals surface area contributed by atoms with Gasteiger partial charge >= 0.3 is 0 Å². The predicted molar refractivity (Wildman–Crippen MR) is 130 cm³/mol. The highest BCUT2D eigenvalue weighted by molar-refractivity contribution is 6.31. The van der Waals surface area contributed by atoms with E-state index in [1.54, 1.807) is 6.07 Å². The van der Waals surface area contributed by atoms with Crippen LogP contribution < -0.4 is 10.2 Å². The van der Waals surface area contributed by atoms with Gasteiger partial charge in [0.2, 0.25) is 5.91 Å². The number of amides is 1. The highest BCUT2D eigenvalue weighted by Gasteiger charge is 2.28. The molecule has 5 rings (SSSR count). The van der Waals surface area contributed by atoms with Crippen LogP contribution in [-0.4, -0.2) is 38.7 Å². The number of hydrogen-bond acceptors (Lipinski definition) is 5. The number of nitrogens with one attached hydrogen (secondary N) is 1. The Balaban J connectivity index is 1.32. The average Bonchev–Trinajstić information content (AvgIpc) is 3.28. The Labute approximate surface area is 201 Å². The fourth-order valence-corrected chi connectivity index (χ4v) is 4.52. The Kier molecular flexibility index (Phi) is 6.15. The van der Waals surface area contributed by atoms with Crippen LogP contribution in [0.15, 0.2) is 55.0 Å². The van der Waals surface area contributed by atoms with Crippen molar-refractivity contribution in [3.8, 4) is 5.69 Å². The Hall–Kier alpha value is -3.52. The fraction of sp³-hybridized carbons (Fsp3) is 0.280. The van der Waals surface area contributed by atoms with Crippen LogP contribution in [0.25, 0.3) is 16.7 Å². The van der Waals surface area contributed by atoms with Crippen LogP contribution in [0.3, 0.4) is 0 Å². The molecule has 1 unspecified atom stereocenters. The number of halogens is 2. The Bertz CT molecular complexity index is 1340. The molecule has 174 valence electrons. The second-order valence-electron chi connectivity index (χ2n) is 8.58. The molecule has 1 aliphatic heterocycles. The van der Waals surface area contributed by atoms with Gasteiger partial charge in [0.15, 0.2) is 5.65 Å². The average molecular weight is 479 g/mol. The first kappa shape index (κ1) is 22.3. The molecule has 0 bridgehead atoms. The topological polar surface area (TPSA) is 75.9 Å². The first-order valence-electron chi connectivity index (χ1n) is 11.2. The third kappa shape index (κ3) is 4.59. The first-order chi connectivity index (χ1) is 16.5. The second kappa shape index (κ2) is 9.38. The molecular formula is C25H24ClFN6O. The molecule has 1 N–H and O–H groups in total. The monoisotopic (exact) mass is 478 g/mol. The Morgan fingerprint density at radius 3 is 2.82 bits per heavy atom. The van der Waals surface area contributed by atoms with Crippen LogP contribution in [-0.2, 0) is 11.3 Å². The lowest BCUT2D eigenvalue weighted by molar-refractivity contribution is -0.125. The summed E-state index contributed by atoms with van der Waals surface area (Å²) in [4.78, 5) is 23.9. The maximum absolute atomic E-state index is 13.3. The summed E-state index contributed by atoms with van der Waals surface area (Å²) in [6.45, 7) is 3.65. The SMILES string of the molecule is Cc1ccc(-n2cc3c(N4CCCC(C(=O)NCc5ccc(F)cc5Cl)C4)ncnc3n2)cc1. The summed E-state index contributed by atoms with van der Waals surface area (Å²) in [5, 5.41) is 8.72. The van der Waals surface area contributed by atoms with Crippen molar-refractivity contribution in [3.63, 3.8) is 0 Å². The first-order valence-corrected chi connectivity index (χ1v) is 11.6. The van der Waals surface area contributed by atoms with Crippen LogP contribution in [0.5, 0.6) is 0 Å². The molecule has 7 nitrogen and oxygen atoms in total. The van der Waals surface area contributed by atoms with Gasteiger partial charge in [-0.3, -0.25) is 4.79 Å². The summed E-state index contributed by atoms with van der Waals surface area (Å²) < 4.78 is 15.1. The van der Waals surface area contributed by atoms with Gasteiger partial charge in [0.1, 0.15) is 18.0 Å². The van der Waals surface area contributed by atoms with Crippen LogP contribution in [0.4, 0.5) is 10.2 Å². The number of benzene rings is 2. The summed E-state index contributed by atoms with van der Waals surface area (Å²) in [7, 11) is 0. The smallest absolute Gasteiger partial charge is 0.225 e. The molecule has 2 aromatic carbocycles. The third-order valence-electron chi connectivity index (χ3n) is 6.15. The van der Waals surface area contributed by atoms with E-state index in [-0.39, 0.29) is 18.4 Å². The number of piperidine rings is 1. The zero-order chi connectivity index (χ0) is 23.7. The lowest BCUT2D eigenvalue weighted by atomic mass is 9.97. The predicted octanol–water partition coefficient (Wildman–Crippen LogP) is 4.45. The van der Waals surface area contributed by atoms with Crippen LogP contribution in [0.2, 0.25) is 5.02 Å². The van der Waals surface area contributed by atoms with Crippen LogP contribution in [0, 0.1) is 18.7 Å². The number of aryl methyl sites for hydroxylation is 1. The molecule has 0 aliphatic carbocycles. The van der Waals surface area contributed by atoms with Gasteiger partial charge < -0.3 is 10.2 Å². The number of carbonyl (C=O) groups is 1. The van der Waals surface area contributed by atoms with Crippen LogP contribution >= 0.6 is 11.6 Å². The normalized spacial score (nSPS) is 16.1. The quantitative estimate of drug-likeness (QED) is 0.458. The van der Waals surface area contributed by atoms with Gasteiger partial charge in [0.05, 0.1) is 17.0 Å². The number of carbonyl (C=O) groups excluding carboxylic acids is 1. The highest BCUT2D eigenvalue weighted by atomic mass is 35.5. The minimum absolute atomic E-state index is 0.0502. The molecule has 0 saturated carbocycles. The molecule has 4 aromatic rings. The van der Waals surface area contributed by atoms with Gasteiger partial charge in [-0.25, -0.2) is 19.0 Å². The van der Waals surface area contributed by atoms with E-state index < -0.39 is 5.82 Å². The maximum Gasteiger partial charge on any atom is 0.225 e. The van der Waals surface area contributed by atoms with Crippen molar-refractivity contribution in [1.29, 1.82) is 0 Å². The molecule has 9 heteroatoms. The van der Waals surface area contributed by atoms with Crippen LogP contribution in [0.1, 0.15) is 24.0 Å². The standard InChI is InChI=1S/C25H24ClFN6O/c1-16-4-8-20(9-5-16)33-14-21-23(31-33)29-15-30-24(21)32-10-2-3-18(13-32)25(34)28-12-17-6-7-19(27)11-22(17)26/h4-9,11,14-15,18H,2-3,10,12-13H2,1H3,(H,28,34). The molecule has 1 amide bonds. The van der Waals surface area contributed by atoms with E-state index in [4.69, 9.17) is 11.6 Å². The van der Waals surface area contributed by atoms with E-state index in [0.717, 1.165) is 36.3 Å². The van der Waals surface area contributed by atoms with Crippen molar-refractivity contribution in [1.82, 2.24) is 25.1 Å². The van der Waals surface area contributed by atoms with Gasteiger partial charge in [-0.1, -0.05) is 35.4 Å². The van der Waals surface area contributed by atoms with Gasteiger partial charge in [0, 0.05) is 30.9 Å². The van der Waals surface area contributed by atoms with Gasteiger partial charge in [-0.2, -0.15) is 0 Å². The molecular weight excluding hydrogens is 455 g/mol. The van der Waals surface area contributed by atoms with Crippen molar-refractivity contribution in [3.05, 3.63) is 77.0 Å². The number of aromatic nitrogens is 4. The fourth-order valence-electron chi connectivity index (χ4n) is 4.28. The van der Waals surface area contributed by atoms with Crippen molar-refractivity contribution in [2.45, 2.75) is 26.3 Å². The number of hydrogen-bond donors (Lipinski definition) is 1. The summed E-state index contributed by atoms with van der Waals surface area (Å²) in [6, 6.07) is 12.3. The Morgan fingerprint density at radius 1 is 1.21 bits per heavy atom. The highest BCUT2D eigenvalue weighted by Crippen LogP contribution is 2.28. The number of anilines is 1. The second-order valence-corrected chi connectivity index (χ2v) is 8.99. The molecule has 0 spiro atoms. The molecule has 34 heavy (non-hydrogen) atoms. The van der Waals surface area contributed by atoms with Crippen molar-refractivity contribution < 1.29 is 9.18 Å². The Morgan fingerprint density at radius 2 is 2.03 bits per heavy atom. The molecule has 1 atom stereocenters. The zero-order valence-electron chi connectivity index (χ0n) is 18.7. The van der Waals surface area contributed by atoms with Crippen molar-refractivity contribution in [2.24, 2.45) is 5.92 Å². The van der Waals surface area contributed by atoms with Gasteiger partial charge in [-0.05, 0) is 49.6 Å². The van der Waals surface area contributed by atoms with Crippen molar-refractivity contribution >= 4 is 34.4 Å². The maximum atomic E-state index is 13.3. The molecule has 2 aromatic heterocycles. The molecule has 1 fully saturated rings. The largest absolute Gasteiger partial charge is 0.355 e. The zero-order valence-corrected chi connectivity index (χ0v) is 19.5. The minimum atomic E-state index is -0.398. The number of nitrogens with zero attached hydrogens (tertiary/aromatic N) is 5. The van der Waals surface area contributed by atoms with E-state index in [1.165, 1.54) is 24.0 Å². The van der Waals surface area contributed by atoms with E-state index in [1.807, 2.05) is 42.1 Å². The minimum Gasteiger partial charge on any atom is -0.355 e. The summed E-state index contributed by atoms with van der Waals surface area (Å²) in [5.74, 6) is 0.142. The van der Waals surface area contributed by atoms with E-state index in [0.29, 0.717) is 22.8 Å². The van der Waals surface area contributed by atoms with E-state index >= 15 is 0 Å². The molecule has 3 heterocycles. The van der Waals surface area contributed by atoms with Gasteiger partial charge in [-0.15, -0.1) is 5.10 Å². The molecule has 0 radical (unpaired) electrons. The van der Waals surface area contributed by atoms with Crippen molar-refractivity contribution in [2.75, 3.05) is 18.0 Å². The molecule has 1 aliphatic rings. The number of fused-ring (bicyclic) bond motifs is 1. The number of rotatable bonds is 5. The summed E-state index contributed by atoms with van der Waals surface area (Å²) >= 11 is 6.09. The molecule has 1 saturated heterocycles. The summed E-state index contributed by atoms with van der Waals surface area (Å²) in [5.41, 5.74) is 3.43.